The van der Waals surface area contributed by atoms with Crippen LogP contribution in [0.15, 0.2) is 24.5 Å². The third kappa shape index (κ3) is 3.68. The van der Waals surface area contributed by atoms with Crippen molar-refractivity contribution in [2.24, 2.45) is 0 Å². The number of pyridine rings is 1. The molecule has 2 aromatic heterocycles. The molecular formula is C19H25N7O. The molecule has 0 amide bonds. The van der Waals surface area contributed by atoms with Gasteiger partial charge >= 0.3 is 0 Å². The fourth-order valence-electron chi connectivity index (χ4n) is 3.64. The van der Waals surface area contributed by atoms with E-state index in [1.165, 1.54) is 12.8 Å². The van der Waals surface area contributed by atoms with Gasteiger partial charge in [-0.1, -0.05) is 0 Å². The molecule has 3 fully saturated rings. The Bertz CT molecular complexity index is 796. The van der Waals surface area contributed by atoms with Crippen LogP contribution in [0, 0.1) is 0 Å². The molecule has 2 aromatic rings. The summed E-state index contributed by atoms with van der Waals surface area (Å²) in [6.45, 7) is 5.48. The van der Waals surface area contributed by atoms with Gasteiger partial charge in [0.05, 0.1) is 38.1 Å². The predicted octanol–water partition coefficient (Wildman–Crippen LogP) is 0.650. The second-order valence-corrected chi connectivity index (χ2v) is 7.64. The van der Waals surface area contributed by atoms with Crippen molar-refractivity contribution in [1.29, 1.82) is 0 Å². The maximum Gasteiger partial charge on any atom is 0.0934 e. The van der Waals surface area contributed by atoms with Gasteiger partial charge in [-0.3, -0.25) is 4.98 Å². The van der Waals surface area contributed by atoms with Crippen LogP contribution < -0.4 is 15.1 Å². The predicted molar refractivity (Wildman–Crippen MR) is 103 cm³/mol. The number of nitrogens with two attached hydrogens (primary N) is 1. The molecule has 1 saturated carbocycles. The molecule has 0 radical (unpaired) electrons. The highest BCUT2D eigenvalue weighted by Gasteiger charge is 2.26. The number of hydrogen-bond acceptors (Lipinski definition) is 6. The summed E-state index contributed by atoms with van der Waals surface area (Å²) in [4.78, 5) is 18.1. The number of hydrogen-bond donors (Lipinski definition) is 2. The minimum atomic E-state index is -0.263. The first-order valence-corrected chi connectivity index (χ1v) is 9.80. The van der Waals surface area contributed by atoms with Crippen molar-refractivity contribution in [2.75, 3.05) is 49.1 Å². The van der Waals surface area contributed by atoms with Gasteiger partial charge in [0.15, 0.2) is 0 Å². The first-order valence-electron chi connectivity index (χ1n) is 9.80. The molecule has 27 heavy (non-hydrogen) atoms. The molecule has 0 aromatic carbocycles. The van der Waals surface area contributed by atoms with Crippen LogP contribution in [0.3, 0.4) is 0 Å². The monoisotopic (exact) mass is 367 g/mol. The summed E-state index contributed by atoms with van der Waals surface area (Å²) in [6, 6.07) is 4.14. The van der Waals surface area contributed by atoms with E-state index in [1.54, 1.807) is 6.20 Å². The smallest absolute Gasteiger partial charge is 0.0934 e. The topological polar surface area (TPSA) is 96.1 Å². The summed E-state index contributed by atoms with van der Waals surface area (Å²) < 4.78 is 0. The summed E-state index contributed by atoms with van der Waals surface area (Å²) in [6.07, 6.45) is 5.75. The second kappa shape index (κ2) is 6.94. The third-order valence-electron chi connectivity index (χ3n) is 5.42. The molecule has 8 nitrogen and oxygen atoms in total. The number of nitrogens with zero attached hydrogens (tertiary/aromatic N) is 6. The minimum Gasteiger partial charge on any atom is -0.389 e. The molecule has 0 atom stereocenters. The zero-order valence-electron chi connectivity index (χ0n) is 15.3. The van der Waals surface area contributed by atoms with Gasteiger partial charge in [-0.05, 0) is 31.2 Å². The van der Waals surface area contributed by atoms with E-state index in [9.17, 15) is 5.11 Å². The molecule has 1 aliphatic carbocycles. The van der Waals surface area contributed by atoms with Crippen molar-refractivity contribution in [3.05, 3.63) is 35.5 Å². The van der Waals surface area contributed by atoms with E-state index in [-0.39, 0.29) is 6.10 Å². The van der Waals surface area contributed by atoms with Crippen LogP contribution in [0.1, 0.15) is 24.5 Å². The molecule has 0 unspecified atom stereocenters. The Morgan fingerprint density at radius 2 is 1.81 bits per heavy atom. The van der Waals surface area contributed by atoms with Gasteiger partial charge in [0.2, 0.25) is 0 Å². The Kier molecular flexibility index (Phi) is 4.29. The van der Waals surface area contributed by atoms with Crippen LogP contribution in [-0.2, 0) is 0 Å². The molecule has 2 saturated heterocycles. The van der Waals surface area contributed by atoms with E-state index in [4.69, 9.17) is 4.98 Å². The SMILES string of the molecule is OC1CN(c2cc(N3CC[NH2+]CC3)cc([N-]c3cnc(C4CC4)cn3)n2)C1. The van der Waals surface area contributed by atoms with E-state index < -0.39 is 0 Å². The number of aromatic nitrogens is 3. The number of aliphatic hydroxyl groups is 1. The Hall–Kier alpha value is -2.45. The summed E-state index contributed by atoms with van der Waals surface area (Å²) >= 11 is 0. The number of piperazine rings is 1. The van der Waals surface area contributed by atoms with Gasteiger partial charge in [0.1, 0.15) is 0 Å². The Morgan fingerprint density at radius 3 is 2.48 bits per heavy atom. The third-order valence-corrected chi connectivity index (χ3v) is 5.42. The molecule has 0 bridgehead atoms. The lowest BCUT2D eigenvalue weighted by Gasteiger charge is -2.39. The highest BCUT2D eigenvalue weighted by Crippen LogP contribution is 2.39. The van der Waals surface area contributed by atoms with Crippen molar-refractivity contribution >= 4 is 23.1 Å². The molecule has 3 aliphatic rings. The van der Waals surface area contributed by atoms with Gasteiger partial charge in [0.25, 0.3) is 0 Å². The van der Waals surface area contributed by atoms with Gasteiger partial charge < -0.3 is 35.5 Å². The second-order valence-electron chi connectivity index (χ2n) is 7.64. The van der Waals surface area contributed by atoms with Crippen LogP contribution >= 0.6 is 0 Å². The van der Waals surface area contributed by atoms with E-state index in [0.717, 1.165) is 43.4 Å². The lowest BCUT2D eigenvalue weighted by Crippen LogP contribution is -2.89. The summed E-state index contributed by atoms with van der Waals surface area (Å²) in [5.74, 6) is 2.69. The van der Waals surface area contributed by atoms with Gasteiger partial charge in [-0.25, -0.2) is 0 Å². The van der Waals surface area contributed by atoms with E-state index >= 15 is 0 Å². The molecular weight excluding hydrogens is 342 g/mol. The minimum absolute atomic E-state index is 0.263. The Labute approximate surface area is 158 Å². The fraction of sp³-hybridized carbons (Fsp3) is 0.526. The van der Waals surface area contributed by atoms with E-state index in [2.05, 4.69) is 36.5 Å². The van der Waals surface area contributed by atoms with Gasteiger partial charge in [-0.2, -0.15) is 0 Å². The molecule has 0 spiro atoms. The number of aliphatic hydroxyl groups excluding tert-OH is 1. The molecule has 142 valence electrons. The largest absolute Gasteiger partial charge is 0.389 e. The van der Waals surface area contributed by atoms with Gasteiger partial charge in [0, 0.05) is 48.2 Å². The van der Waals surface area contributed by atoms with Crippen molar-refractivity contribution < 1.29 is 10.4 Å². The van der Waals surface area contributed by atoms with Crippen LogP contribution in [0.4, 0.5) is 23.1 Å². The van der Waals surface area contributed by atoms with Crippen LogP contribution in [0.25, 0.3) is 5.32 Å². The first-order chi connectivity index (χ1) is 13.2. The van der Waals surface area contributed by atoms with Crippen LogP contribution in [0.5, 0.6) is 0 Å². The van der Waals surface area contributed by atoms with Crippen molar-refractivity contribution in [3.8, 4) is 0 Å². The van der Waals surface area contributed by atoms with Crippen molar-refractivity contribution in [1.82, 2.24) is 15.0 Å². The first kappa shape index (κ1) is 16.7. The molecule has 5 rings (SSSR count). The standard InChI is InChI=1S/C19H24N7O/c27-15-11-26(12-15)19-8-14(25-5-3-20-4-6-25)7-17(24-19)23-18-10-21-16(9-22-18)13-1-2-13/h7-10,13,15,20,27H,1-6,11-12H2/q-1/p+1. The van der Waals surface area contributed by atoms with Crippen LogP contribution in [-0.4, -0.2) is 65.4 Å². The average Bonchev–Trinajstić information content (AvgIpc) is 3.52. The number of rotatable bonds is 5. The van der Waals surface area contributed by atoms with Crippen molar-refractivity contribution in [3.63, 3.8) is 0 Å². The molecule has 4 heterocycles. The van der Waals surface area contributed by atoms with Gasteiger partial charge in [-0.15, -0.1) is 0 Å². The number of β-amino-alcohol motifs (C(OH)–C–C–N with tert-alkyl or cyclic N) is 1. The maximum absolute atomic E-state index is 9.65. The molecule has 8 heteroatoms. The lowest BCUT2D eigenvalue weighted by molar-refractivity contribution is -0.655. The van der Waals surface area contributed by atoms with E-state index in [1.807, 2.05) is 12.3 Å². The summed E-state index contributed by atoms with van der Waals surface area (Å²) in [7, 11) is 0. The molecule has 3 N–H and O–H groups in total. The summed E-state index contributed by atoms with van der Waals surface area (Å²) in [5, 5.41) is 16.6. The van der Waals surface area contributed by atoms with Crippen LogP contribution in [0.2, 0.25) is 0 Å². The number of anilines is 2. The van der Waals surface area contributed by atoms with Crippen molar-refractivity contribution in [2.45, 2.75) is 24.9 Å². The normalized spacial score (nSPS) is 20.5. The fourth-order valence-corrected chi connectivity index (χ4v) is 3.64. The maximum atomic E-state index is 9.65. The number of quaternary nitrogens is 1. The Morgan fingerprint density at radius 1 is 1.00 bits per heavy atom. The summed E-state index contributed by atoms with van der Waals surface area (Å²) in [5.41, 5.74) is 2.20. The Balaban J connectivity index is 1.39. The highest BCUT2D eigenvalue weighted by atomic mass is 16.3. The zero-order valence-corrected chi connectivity index (χ0v) is 15.3. The average molecular weight is 367 g/mol. The highest BCUT2D eigenvalue weighted by molar-refractivity contribution is 5.69. The lowest BCUT2D eigenvalue weighted by atomic mass is 10.1. The van der Waals surface area contributed by atoms with E-state index in [0.29, 0.717) is 30.6 Å². The zero-order chi connectivity index (χ0) is 18.2. The quantitative estimate of drug-likeness (QED) is 0.806. The molecule has 2 aliphatic heterocycles.